The van der Waals surface area contributed by atoms with E-state index in [4.69, 9.17) is 4.98 Å². The molecule has 1 N–H and O–H groups in total. The first-order valence-electron chi connectivity index (χ1n) is 9.15. The molecule has 1 spiro atoms. The maximum absolute atomic E-state index is 12.9. The summed E-state index contributed by atoms with van der Waals surface area (Å²) in [5.41, 5.74) is 1.41. The summed E-state index contributed by atoms with van der Waals surface area (Å²) >= 11 is 0. The monoisotopic (exact) mass is 338 g/mol. The Kier molecular flexibility index (Phi) is 3.20. The molecule has 2 saturated carbocycles. The number of hydrogen-bond acceptors (Lipinski definition) is 5. The fourth-order valence-electron chi connectivity index (χ4n) is 4.27. The van der Waals surface area contributed by atoms with Crippen molar-refractivity contribution in [2.45, 2.75) is 50.9 Å². The van der Waals surface area contributed by atoms with Gasteiger partial charge in [0, 0.05) is 31.1 Å². The van der Waals surface area contributed by atoms with Crippen LogP contribution in [0, 0.1) is 12.3 Å². The number of likely N-dealkylation sites (tertiary alicyclic amines) is 1. The van der Waals surface area contributed by atoms with E-state index >= 15 is 0 Å². The van der Waals surface area contributed by atoms with Crippen molar-refractivity contribution in [2.75, 3.05) is 13.1 Å². The first-order valence-corrected chi connectivity index (χ1v) is 9.15. The average Bonchev–Trinajstić information content (AvgIpc) is 3.18. The lowest BCUT2D eigenvalue weighted by molar-refractivity contribution is 0.0718. The fourth-order valence-corrected chi connectivity index (χ4v) is 4.27. The Hall–Kier alpha value is -2.31. The molecule has 1 saturated heterocycles. The third kappa shape index (κ3) is 2.44. The lowest BCUT2D eigenvalue weighted by Gasteiger charge is -2.41. The lowest BCUT2D eigenvalue weighted by atomic mass is 9.62. The molecule has 1 aliphatic heterocycles. The Labute approximate surface area is 146 Å². The summed E-state index contributed by atoms with van der Waals surface area (Å²) < 4.78 is 0. The van der Waals surface area contributed by atoms with Crippen molar-refractivity contribution < 1.29 is 4.79 Å². The highest BCUT2D eigenvalue weighted by Gasteiger charge is 2.53. The minimum atomic E-state index is -0.0248. The number of H-pyrrole nitrogens is 1. The van der Waals surface area contributed by atoms with Crippen molar-refractivity contribution in [1.82, 2.24) is 30.0 Å². The van der Waals surface area contributed by atoms with E-state index in [9.17, 15) is 4.79 Å². The Balaban J connectivity index is 1.40. The van der Waals surface area contributed by atoms with Crippen molar-refractivity contribution in [3.05, 3.63) is 35.4 Å². The van der Waals surface area contributed by atoms with Gasteiger partial charge in [-0.2, -0.15) is 5.10 Å². The highest BCUT2D eigenvalue weighted by Crippen LogP contribution is 2.55. The van der Waals surface area contributed by atoms with Crippen LogP contribution in [0.25, 0.3) is 0 Å². The van der Waals surface area contributed by atoms with Gasteiger partial charge in [0.2, 0.25) is 0 Å². The molecular formula is C18H22N6O. The number of aryl methyl sites for hydroxylation is 1. The second-order valence-electron chi connectivity index (χ2n) is 7.85. The van der Waals surface area contributed by atoms with Crippen molar-refractivity contribution in [3.8, 4) is 0 Å². The van der Waals surface area contributed by atoms with Crippen LogP contribution in [0.1, 0.15) is 71.8 Å². The van der Waals surface area contributed by atoms with E-state index in [1.807, 2.05) is 11.8 Å². The molecule has 0 aromatic carbocycles. The van der Waals surface area contributed by atoms with Crippen LogP contribution in [0.2, 0.25) is 0 Å². The van der Waals surface area contributed by atoms with Crippen LogP contribution < -0.4 is 0 Å². The van der Waals surface area contributed by atoms with Crippen LogP contribution in [0.15, 0.2) is 12.4 Å². The number of aromatic nitrogens is 5. The quantitative estimate of drug-likeness (QED) is 0.927. The third-order valence-electron chi connectivity index (χ3n) is 6.08. The van der Waals surface area contributed by atoms with Crippen molar-refractivity contribution in [2.24, 2.45) is 5.41 Å². The summed E-state index contributed by atoms with van der Waals surface area (Å²) in [6, 6.07) is 0. The molecule has 0 radical (unpaired) electrons. The van der Waals surface area contributed by atoms with Gasteiger partial charge in [-0.25, -0.2) is 9.97 Å². The highest BCUT2D eigenvalue weighted by atomic mass is 16.2. The molecule has 25 heavy (non-hydrogen) atoms. The number of carbonyl (C=O) groups excluding carboxylic acids is 1. The van der Waals surface area contributed by atoms with Gasteiger partial charge < -0.3 is 4.90 Å². The zero-order valence-electron chi connectivity index (χ0n) is 14.4. The van der Waals surface area contributed by atoms with Gasteiger partial charge in [-0.15, -0.1) is 0 Å². The molecule has 7 nitrogen and oxygen atoms in total. The van der Waals surface area contributed by atoms with E-state index in [-0.39, 0.29) is 17.2 Å². The lowest BCUT2D eigenvalue weighted by Crippen LogP contribution is -2.38. The van der Waals surface area contributed by atoms with E-state index in [1.54, 1.807) is 12.4 Å². The predicted octanol–water partition coefficient (Wildman–Crippen LogP) is 2.19. The van der Waals surface area contributed by atoms with Crippen LogP contribution in [-0.2, 0) is 0 Å². The number of aromatic amines is 1. The molecule has 3 heterocycles. The van der Waals surface area contributed by atoms with Crippen LogP contribution >= 0.6 is 0 Å². The summed E-state index contributed by atoms with van der Waals surface area (Å²) in [4.78, 5) is 28.0. The van der Waals surface area contributed by atoms with Crippen LogP contribution in [0.5, 0.6) is 0 Å². The van der Waals surface area contributed by atoms with E-state index in [1.165, 1.54) is 19.3 Å². The topological polar surface area (TPSA) is 87.7 Å². The molecule has 1 amide bonds. The molecule has 3 aliphatic rings. The summed E-state index contributed by atoms with van der Waals surface area (Å²) in [7, 11) is 0. The first-order chi connectivity index (χ1) is 12.1. The number of nitrogens with one attached hydrogen (secondary N) is 1. The average molecular weight is 338 g/mol. The molecule has 2 aromatic rings. The van der Waals surface area contributed by atoms with Crippen molar-refractivity contribution >= 4 is 5.91 Å². The minimum absolute atomic E-state index is 0.0248. The maximum Gasteiger partial charge on any atom is 0.274 e. The maximum atomic E-state index is 12.9. The first kappa shape index (κ1) is 15.0. The second kappa shape index (κ2) is 5.34. The Morgan fingerprint density at radius 1 is 1.28 bits per heavy atom. The van der Waals surface area contributed by atoms with E-state index in [0.717, 1.165) is 36.7 Å². The molecular weight excluding hydrogens is 316 g/mol. The van der Waals surface area contributed by atoms with Gasteiger partial charge in [0.1, 0.15) is 11.5 Å². The molecule has 130 valence electrons. The summed E-state index contributed by atoms with van der Waals surface area (Å²) in [6.07, 6.45) is 9.16. The molecule has 0 bridgehead atoms. The van der Waals surface area contributed by atoms with Gasteiger partial charge in [-0.1, -0.05) is 6.42 Å². The van der Waals surface area contributed by atoms with E-state index in [0.29, 0.717) is 18.2 Å². The Bertz CT molecular complexity index is 805. The largest absolute Gasteiger partial charge is 0.336 e. The molecule has 1 unspecified atom stereocenters. The SMILES string of the molecule is Cc1cnc(C(=O)N2CC(c3nc(C4CC4)n[nH]3)C3(CCC3)C2)cn1. The van der Waals surface area contributed by atoms with Crippen LogP contribution in [0.3, 0.4) is 0 Å². The smallest absolute Gasteiger partial charge is 0.274 e. The summed E-state index contributed by atoms with van der Waals surface area (Å²) in [5.74, 6) is 2.70. The van der Waals surface area contributed by atoms with Gasteiger partial charge in [0.25, 0.3) is 5.91 Å². The minimum Gasteiger partial charge on any atom is -0.336 e. The van der Waals surface area contributed by atoms with E-state index in [2.05, 4.69) is 20.2 Å². The van der Waals surface area contributed by atoms with Gasteiger partial charge in [0.05, 0.1) is 11.9 Å². The predicted molar refractivity (Wildman–Crippen MR) is 90.1 cm³/mol. The number of rotatable bonds is 3. The molecule has 7 heteroatoms. The van der Waals surface area contributed by atoms with Crippen molar-refractivity contribution in [1.29, 1.82) is 0 Å². The number of carbonyl (C=O) groups is 1. The van der Waals surface area contributed by atoms with Gasteiger partial charge in [0.15, 0.2) is 5.82 Å². The highest BCUT2D eigenvalue weighted by molar-refractivity contribution is 5.92. The fraction of sp³-hybridized carbons (Fsp3) is 0.611. The Morgan fingerprint density at radius 3 is 2.76 bits per heavy atom. The van der Waals surface area contributed by atoms with Crippen LogP contribution in [-0.4, -0.2) is 49.0 Å². The zero-order chi connectivity index (χ0) is 17.0. The number of nitrogens with zero attached hydrogens (tertiary/aromatic N) is 5. The molecule has 3 fully saturated rings. The summed E-state index contributed by atoms with van der Waals surface area (Å²) in [6.45, 7) is 3.34. The second-order valence-corrected chi connectivity index (χ2v) is 7.85. The molecule has 2 aliphatic carbocycles. The molecule has 5 rings (SSSR count). The van der Waals surface area contributed by atoms with Crippen LogP contribution in [0.4, 0.5) is 0 Å². The normalized spacial score (nSPS) is 24.5. The number of amides is 1. The van der Waals surface area contributed by atoms with E-state index < -0.39 is 0 Å². The number of hydrogen-bond donors (Lipinski definition) is 1. The standard InChI is InChI=1S/C18H22N6O/c1-11-7-20-14(8-19-11)17(25)24-9-13(18(10-24)5-2-6-18)16-21-15(22-23-16)12-3-4-12/h7-8,12-13H,2-6,9-10H2,1H3,(H,21,22,23). The summed E-state index contributed by atoms with van der Waals surface area (Å²) in [5, 5.41) is 7.59. The zero-order valence-corrected chi connectivity index (χ0v) is 14.4. The van der Waals surface area contributed by atoms with Gasteiger partial charge >= 0.3 is 0 Å². The molecule has 1 atom stereocenters. The van der Waals surface area contributed by atoms with Crippen molar-refractivity contribution in [3.63, 3.8) is 0 Å². The Morgan fingerprint density at radius 2 is 2.12 bits per heavy atom. The molecule has 2 aromatic heterocycles. The third-order valence-corrected chi connectivity index (χ3v) is 6.08. The van der Waals surface area contributed by atoms with Gasteiger partial charge in [-0.3, -0.25) is 14.9 Å². The van der Waals surface area contributed by atoms with Gasteiger partial charge in [-0.05, 0) is 38.0 Å².